The van der Waals surface area contributed by atoms with Crippen molar-refractivity contribution in [2.75, 3.05) is 0 Å². The van der Waals surface area contributed by atoms with E-state index in [2.05, 4.69) is 20.8 Å². The highest BCUT2D eigenvalue weighted by Crippen LogP contribution is 2.65. The summed E-state index contributed by atoms with van der Waals surface area (Å²) in [6.45, 7) is 6.45. The number of hydrogen-bond acceptors (Lipinski definition) is 2. The topological polar surface area (TPSA) is 40.5 Å². The van der Waals surface area contributed by atoms with Crippen molar-refractivity contribution < 1.29 is 10.2 Å². The van der Waals surface area contributed by atoms with Crippen LogP contribution in [0.2, 0.25) is 0 Å². The number of aliphatic hydroxyl groups excluding tert-OH is 2. The van der Waals surface area contributed by atoms with Crippen molar-refractivity contribution >= 4 is 0 Å². The Morgan fingerprint density at radius 3 is 2.00 bits per heavy atom. The third-order valence-corrected chi connectivity index (χ3v) is 4.71. The van der Waals surface area contributed by atoms with E-state index in [1.165, 1.54) is 0 Å². The van der Waals surface area contributed by atoms with Gasteiger partial charge in [-0.1, -0.05) is 20.8 Å². The van der Waals surface area contributed by atoms with Gasteiger partial charge in [0.1, 0.15) is 0 Å². The van der Waals surface area contributed by atoms with Gasteiger partial charge >= 0.3 is 0 Å². The zero-order valence-electron chi connectivity index (χ0n) is 8.04. The Bertz CT molecular complexity index is 212. The summed E-state index contributed by atoms with van der Waals surface area (Å²) in [6.07, 6.45) is 1.16. The van der Waals surface area contributed by atoms with Crippen LogP contribution in [0.1, 0.15) is 33.6 Å². The van der Waals surface area contributed by atoms with E-state index in [4.69, 9.17) is 0 Å². The quantitative estimate of drug-likeness (QED) is 0.573. The maximum atomic E-state index is 9.82. The van der Waals surface area contributed by atoms with Crippen LogP contribution in [0, 0.1) is 16.7 Å². The lowest BCUT2D eigenvalue weighted by atomic mass is 9.70. The van der Waals surface area contributed by atoms with Crippen LogP contribution in [-0.4, -0.2) is 22.4 Å². The Hall–Kier alpha value is -0.0800. The number of rotatable bonds is 0. The molecule has 2 nitrogen and oxygen atoms in total. The molecular formula is C10H18O2. The van der Waals surface area contributed by atoms with Crippen molar-refractivity contribution in [1.29, 1.82) is 0 Å². The van der Waals surface area contributed by atoms with Crippen molar-refractivity contribution in [3.63, 3.8) is 0 Å². The van der Waals surface area contributed by atoms with E-state index in [0.29, 0.717) is 5.92 Å². The Morgan fingerprint density at radius 1 is 1.17 bits per heavy atom. The summed E-state index contributed by atoms with van der Waals surface area (Å²) in [5, 5.41) is 19.5. The minimum absolute atomic E-state index is 0.0584. The van der Waals surface area contributed by atoms with Crippen molar-refractivity contribution in [2.45, 2.75) is 45.8 Å². The highest BCUT2D eigenvalue weighted by molar-refractivity contribution is 5.13. The fraction of sp³-hybridized carbons (Fsp3) is 1.00. The minimum atomic E-state index is -0.208. The summed E-state index contributed by atoms with van der Waals surface area (Å²) in [6, 6.07) is 0. The predicted octanol–water partition coefficient (Wildman–Crippen LogP) is 1.16. The number of hydrogen-bond donors (Lipinski definition) is 2. The number of fused-ring (bicyclic) bond motifs is 2. The molecule has 2 rings (SSSR count). The van der Waals surface area contributed by atoms with Crippen LogP contribution in [0.15, 0.2) is 0 Å². The fourth-order valence-corrected chi connectivity index (χ4v) is 3.26. The predicted molar refractivity (Wildman–Crippen MR) is 46.6 cm³/mol. The molecule has 2 N–H and O–H groups in total. The van der Waals surface area contributed by atoms with Crippen molar-refractivity contribution in [3.05, 3.63) is 0 Å². The maximum absolute atomic E-state index is 9.82. The van der Waals surface area contributed by atoms with Gasteiger partial charge < -0.3 is 10.2 Å². The van der Waals surface area contributed by atoms with Crippen molar-refractivity contribution in [1.82, 2.24) is 0 Å². The van der Waals surface area contributed by atoms with Crippen LogP contribution in [-0.2, 0) is 0 Å². The van der Waals surface area contributed by atoms with Crippen LogP contribution in [0.3, 0.4) is 0 Å². The first-order valence-corrected chi connectivity index (χ1v) is 4.76. The fourth-order valence-electron chi connectivity index (χ4n) is 3.26. The normalized spacial score (nSPS) is 56.2. The molecule has 2 saturated carbocycles. The standard InChI is InChI=1S/C10H18O2/c1-9(2)6-4-8(12)10(9,3)5-7(6)11/h6-8,11-12H,4-5H2,1-3H3/t6-,7-,8-,10-/m1/s1. The molecule has 70 valence electrons. The second-order valence-electron chi connectivity index (χ2n) is 5.27. The minimum Gasteiger partial charge on any atom is -0.393 e. The second-order valence-corrected chi connectivity index (χ2v) is 5.27. The Labute approximate surface area is 73.6 Å². The molecule has 0 radical (unpaired) electrons. The Morgan fingerprint density at radius 2 is 1.75 bits per heavy atom. The van der Waals surface area contributed by atoms with Gasteiger partial charge in [-0.15, -0.1) is 0 Å². The lowest BCUT2D eigenvalue weighted by molar-refractivity contribution is -0.00727. The average Bonchev–Trinajstić information content (AvgIpc) is 2.18. The molecule has 2 aliphatic carbocycles. The molecule has 0 aliphatic heterocycles. The molecule has 0 amide bonds. The van der Waals surface area contributed by atoms with Crippen LogP contribution < -0.4 is 0 Å². The molecule has 2 aliphatic rings. The molecule has 12 heavy (non-hydrogen) atoms. The first kappa shape index (κ1) is 8.52. The summed E-state index contributed by atoms with van der Waals surface area (Å²) in [5.41, 5.74) is 0.0446. The zero-order chi connectivity index (χ0) is 9.15. The number of aliphatic hydroxyl groups is 2. The molecule has 0 aromatic heterocycles. The largest absolute Gasteiger partial charge is 0.393 e. The molecule has 0 aromatic rings. The molecule has 0 unspecified atom stereocenters. The Kier molecular flexibility index (Phi) is 1.45. The molecular weight excluding hydrogens is 152 g/mol. The molecule has 2 fully saturated rings. The molecule has 0 spiro atoms. The van der Waals surface area contributed by atoms with Gasteiger partial charge in [0.2, 0.25) is 0 Å². The van der Waals surface area contributed by atoms with Crippen molar-refractivity contribution in [3.8, 4) is 0 Å². The maximum Gasteiger partial charge on any atom is 0.0603 e. The first-order valence-electron chi connectivity index (χ1n) is 4.76. The summed E-state index contributed by atoms with van der Waals surface area (Å²) in [7, 11) is 0. The lowest BCUT2D eigenvalue weighted by Crippen LogP contribution is -2.36. The molecule has 4 atom stereocenters. The second kappa shape index (κ2) is 2.05. The third kappa shape index (κ3) is 0.686. The lowest BCUT2D eigenvalue weighted by Gasteiger charge is -2.36. The van der Waals surface area contributed by atoms with Gasteiger partial charge in [0.15, 0.2) is 0 Å². The van der Waals surface area contributed by atoms with Gasteiger partial charge in [0.05, 0.1) is 12.2 Å². The van der Waals surface area contributed by atoms with Gasteiger partial charge in [0, 0.05) is 5.41 Å². The van der Waals surface area contributed by atoms with Crippen LogP contribution in [0.4, 0.5) is 0 Å². The molecule has 0 aromatic carbocycles. The monoisotopic (exact) mass is 170 g/mol. The van der Waals surface area contributed by atoms with Crippen molar-refractivity contribution in [2.24, 2.45) is 16.7 Å². The van der Waals surface area contributed by atoms with Gasteiger partial charge in [-0.05, 0) is 24.2 Å². The van der Waals surface area contributed by atoms with Gasteiger partial charge in [-0.2, -0.15) is 0 Å². The summed E-state index contributed by atoms with van der Waals surface area (Å²) in [4.78, 5) is 0. The van der Waals surface area contributed by atoms with Crippen LogP contribution in [0.25, 0.3) is 0 Å². The molecule has 0 saturated heterocycles. The van der Waals surface area contributed by atoms with Crippen LogP contribution >= 0.6 is 0 Å². The SMILES string of the molecule is CC1(C)[C@@H]2C[C@@H](O)[C@@]1(C)C[C@H]2O. The molecule has 2 bridgehead atoms. The van der Waals surface area contributed by atoms with E-state index in [1.807, 2.05) is 0 Å². The smallest absolute Gasteiger partial charge is 0.0603 e. The van der Waals surface area contributed by atoms with Crippen LogP contribution in [0.5, 0.6) is 0 Å². The van der Waals surface area contributed by atoms with E-state index < -0.39 is 0 Å². The highest BCUT2D eigenvalue weighted by atomic mass is 16.3. The highest BCUT2D eigenvalue weighted by Gasteiger charge is 2.64. The third-order valence-electron chi connectivity index (χ3n) is 4.71. The van der Waals surface area contributed by atoms with E-state index in [9.17, 15) is 10.2 Å². The molecule has 2 heteroatoms. The van der Waals surface area contributed by atoms with E-state index in [0.717, 1.165) is 12.8 Å². The van der Waals surface area contributed by atoms with Gasteiger partial charge in [0.25, 0.3) is 0 Å². The van der Waals surface area contributed by atoms with Gasteiger partial charge in [-0.25, -0.2) is 0 Å². The molecule has 0 heterocycles. The van der Waals surface area contributed by atoms with E-state index in [1.54, 1.807) is 0 Å². The first-order chi connectivity index (χ1) is 5.39. The van der Waals surface area contributed by atoms with E-state index >= 15 is 0 Å². The van der Waals surface area contributed by atoms with E-state index in [-0.39, 0.29) is 23.0 Å². The van der Waals surface area contributed by atoms with Gasteiger partial charge in [-0.3, -0.25) is 0 Å². The summed E-state index contributed by atoms with van der Waals surface area (Å²) >= 11 is 0. The average molecular weight is 170 g/mol. The summed E-state index contributed by atoms with van der Waals surface area (Å²) in [5.74, 6) is 0.303. The Balaban J connectivity index is 2.41. The summed E-state index contributed by atoms with van der Waals surface area (Å²) < 4.78 is 0. The zero-order valence-corrected chi connectivity index (χ0v) is 8.04.